The first-order chi connectivity index (χ1) is 5.49. The lowest BCUT2D eigenvalue weighted by Crippen LogP contribution is -2.29. The molecule has 0 unspecified atom stereocenters. The lowest BCUT2D eigenvalue weighted by molar-refractivity contribution is -0.132. The summed E-state index contributed by atoms with van der Waals surface area (Å²) in [5.41, 5.74) is 0.392. The van der Waals surface area contributed by atoms with Crippen LogP contribution in [-0.2, 0) is 4.79 Å². The molecule has 0 spiro atoms. The van der Waals surface area contributed by atoms with E-state index in [0.29, 0.717) is 11.5 Å². The maximum absolute atomic E-state index is 10.5. The van der Waals surface area contributed by atoms with Gasteiger partial charge in [0.05, 0.1) is 0 Å². The summed E-state index contributed by atoms with van der Waals surface area (Å²) in [4.78, 5) is 10.5. The molecule has 0 amide bonds. The zero-order chi connectivity index (χ0) is 9.72. The van der Waals surface area contributed by atoms with Gasteiger partial charge in [-0.1, -0.05) is 19.9 Å². The highest BCUT2D eigenvalue weighted by Gasteiger charge is 2.09. The van der Waals surface area contributed by atoms with Crippen LogP contribution in [0.3, 0.4) is 0 Å². The van der Waals surface area contributed by atoms with Crippen LogP contribution in [0.4, 0.5) is 0 Å². The number of carbonyl (C=O) groups is 1. The van der Waals surface area contributed by atoms with Gasteiger partial charge in [0.15, 0.2) is 0 Å². The molecule has 0 saturated carbocycles. The first-order valence-corrected chi connectivity index (χ1v) is 4.08. The highest BCUT2D eigenvalue weighted by molar-refractivity contribution is 5.85. The maximum atomic E-state index is 10.5. The molecule has 70 valence electrons. The van der Waals surface area contributed by atoms with E-state index in [0.717, 1.165) is 0 Å². The number of carboxylic acids is 1. The number of nitrogens with one attached hydrogen (secondary N) is 1. The molecule has 3 nitrogen and oxygen atoms in total. The molecule has 0 radical (unpaired) electrons. The van der Waals surface area contributed by atoms with Crippen LogP contribution in [0.5, 0.6) is 0 Å². The predicted molar refractivity (Wildman–Crippen MR) is 49.1 cm³/mol. The molecule has 0 aromatic rings. The van der Waals surface area contributed by atoms with Crippen molar-refractivity contribution in [1.82, 2.24) is 5.32 Å². The largest absolute Gasteiger partial charge is 0.478 e. The summed E-state index contributed by atoms with van der Waals surface area (Å²) < 4.78 is 0. The van der Waals surface area contributed by atoms with Gasteiger partial charge in [0.2, 0.25) is 0 Å². The fourth-order valence-electron chi connectivity index (χ4n) is 0.950. The highest BCUT2D eigenvalue weighted by Crippen LogP contribution is 2.05. The fourth-order valence-corrected chi connectivity index (χ4v) is 0.950. The van der Waals surface area contributed by atoms with Crippen molar-refractivity contribution in [3.8, 4) is 0 Å². The molecule has 12 heavy (non-hydrogen) atoms. The van der Waals surface area contributed by atoms with Crippen molar-refractivity contribution in [3.63, 3.8) is 0 Å². The van der Waals surface area contributed by atoms with Crippen molar-refractivity contribution in [1.29, 1.82) is 0 Å². The van der Waals surface area contributed by atoms with E-state index in [9.17, 15) is 4.79 Å². The highest BCUT2D eigenvalue weighted by atomic mass is 16.4. The Bertz CT molecular complexity index is 185. The molecular formula is C9H17NO2. The molecular weight excluding hydrogens is 154 g/mol. The lowest BCUT2D eigenvalue weighted by atomic mass is 10.0. The quantitative estimate of drug-likeness (QED) is 0.626. The van der Waals surface area contributed by atoms with Crippen molar-refractivity contribution in [3.05, 3.63) is 11.6 Å². The van der Waals surface area contributed by atoms with Crippen LogP contribution in [0.1, 0.15) is 20.8 Å². The lowest BCUT2D eigenvalue weighted by Gasteiger charge is -2.16. The molecule has 0 aromatic carbocycles. The van der Waals surface area contributed by atoms with Gasteiger partial charge >= 0.3 is 5.97 Å². The van der Waals surface area contributed by atoms with E-state index in [4.69, 9.17) is 5.11 Å². The first-order valence-electron chi connectivity index (χ1n) is 4.08. The van der Waals surface area contributed by atoms with Crippen LogP contribution in [0.2, 0.25) is 0 Å². The number of likely N-dealkylation sites (N-methyl/N-ethyl adjacent to an activating group) is 1. The minimum absolute atomic E-state index is 0.140. The van der Waals surface area contributed by atoms with Crippen molar-refractivity contribution in [2.45, 2.75) is 26.8 Å². The third-order valence-electron chi connectivity index (χ3n) is 1.82. The second kappa shape index (κ2) is 4.93. The van der Waals surface area contributed by atoms with Gasteiger partial charge in [0.25, 0.3) is 0 Å². The van der Waals surface area contributed by atoms with E-state index in [-0.39, 0.29) is 6.04 Å². The van der Waals surface area contributed by atoms with Crippen molar-refractivity contribution in [2.24, 2.45) is 5.92 Å². The van der Waals surface area contributed by atoms with Gasteiger partial charge in [-0.15, -0.1) is 0 Å². The number of hydrogen-bond donors (Lipinski definition) is 2. The second-order valence-electron chi connectivity index (χ2n) is 3.21. The van der Waals surface area contributed by atoms with Crippen LogP contribution in [0.25, 0.3) is 0 Å². The van der Waals surface area contributed by atoms with Crippen molar-refractivity contribution < 1.29 is 9.90 Å². The molecule has 0 bridgehead atoms. The Morgan fingerprint density at radius 3 is 2.25 bits per heavy atom. The number of hydrogen-bond acceptors (Lipinski definition) is 2. The van der Waals surface area contributed by atoms with Gasteiger partial charge < -0.3 is 10.4 Å². The minimum Gasteiger partial charge on any atom is -0.478 e. The molecule has 3 heteroatoms. The average Bonchev–Trinajstić information content (AvgIpc) is 1.98. The van der Waals surface area contributed by atoms with E-state index in [2.05, 4.69) is 5.32 Å². The molecule has 0 aromatic heterocycles. The molecule has 2 N–H and O–H groups in total. The zero-order valence-corrected chi connectivity index (χ0v) is 8.09. The molecule has 0 aliphatic rings. The molecule has 0 aliphatic heterocycles. The monoisotopic (exact) mass is 171 g/mol. The summed E-state index contributed by atoms with van der Waals surface area (Å²) >= 11 is 0. The zero-order valence-electron chi connectivity index (χ0n) is 8.09. The number of aliphatic carboxylic acids is 1. The Balaban J connectivity index is 4.35. The van der Waals surface area contributed by atoms with Crippen LogP contribution in [0.15, 0.2) is 11.6 Å². The average molecular weight is 171 g/mol. The minimum atomic E-state index is -0.851. The summed E-state index contributed by atoms with van der Waals surface area (Å²) in [6.45, 7) is 5.70. The van der Waals surface area contributed by atoms with E-state index in [1.54, 1.807) is 13.0 Å². The Hall–Kier alpha value is -0.830. The smallest absolute Gasteiger partial charge is 0.331 e. The standard InChI is InChI=1S/C9H17NO2/c1-6(2)8(10-4)5-7(3)9(11)12/h5-6,8,10H,1-4H3,(H,11,12)/b7-5+/t8-/m1/s1. The van der Waals surface area contributed by atoms with Crippen molar-refractivity contribution in [2.75, 3.05) is 7.05 Å². The van der Waals surface area contributed by atoms with Gasteiger partial charge in [-0.3, -0.25) is 0 Å². The summed E-state index contributed by atoms with van der Waals surface area (Å²) in [6.07, 6.45) is 1.74. The van der Waals surface area contributed by atoms with Crippen LogP contribution in [0, 0.1) is 5.92 Å². The van der Waals surface area contributed by atoms with Crippen LogP contribution in [-0.4, -0.2) is 24.2 Å². The maximum Gasteiger partial charge on any atom is 0.331 e. The normalized spacial score (nSPS) is 14.9. The predicted octanol–water partition coefficient (Wildman–Crippen LogP) is 1.26. The summed E-state index contributed by atoms with van der Waals surface area (Å²) in [5.74, 6) is -0.444. The second-order valence-corrected chi connectivity index (χ2v) is 3.21. The van der Waals surface area contributed by atoms with Crippen molar-refractivity contribution >= 4 is 5.97 Å². The fraction of sp³-hybridized carbons (Fsp3) is 0.667. The first kappa shape index (κ1) is 11.2. The van der Waals surface area contributed by atoms with Crippen LogP contribution >= 0.6 is 0 Å². The molecule has 0 saturated heterocycles. The summed E-state index contributed by atoms with van der Waals surface area (Å²) in [6, 6.07) is 0.140. The Morgan fingerprint density at radius 2 is 2.00 bits per heavy atom. The molecule has 0 rings (SSSR count). The Kier molecular flexibility index (Phi) is 4.59. The van der Waals surface area contributed by atoms with Gasteiger partial charge in [-0.2, -0.15) is 0 Å². The Morgan fingerprint density at radius 1 is 1.50 bits per heavy atom. The third kappa shape index (κ3) is 3.53. The van der Waals surface area contributed by atoms with Gasteiger partial charge in [0, 0.05) is 11.6 Å². The van der Waals surface area contributed by atoms with Gasteiger partial charge in [-0.05, 0) is 19.9 Å². The van der Waals surface area contributed by atoms with Crippen LogP contribution < -0.4 is 5.32 Å². The van der Waals surface area contributed by atoms with E-state index < -0.39 is 5.97 Å². The SMILES string of the molecule is CN[C@H](/C=C(\C)C(=O)O)C(C)C. The third-order valence-corrected chi connectivity index (χ3v) is 1.82. The number of carboxylic acid groups (broad SMARTS) is 1. The number of rotatable bonds is 4. The molecule has 0 fully saturated rings. The molecule has 0 heterocycles. The summed E-state index contributed by atoms with van der Waals surface area (Å²) in [7, 11) is 1.83. The van der Waals surface area contributed by atoms with E-state index >= 15 is 0 Å². The molecule has 1 atom stereocenters. The Labute approximate surface area is 73.5 Å². The van der Waals surface area contributed by atoms with Gasteiger partial charge in [-0.25, -0.2) is 4.79 Å². The van der Waals surface area contributed by atoms with Gasteiger partial charge in [0.1, 0.15) is 0 Å². The topological polar surface area (TPSA) is 49.3 Å². The van der Waals surface area contributed by atoms with E-state index in [1.165, 1.54) is 0 Å². The summed E-state index contributed by atoms with van der Waals surface area (Å²) in [5, 5.41) is 11.7. The molecule has 0 aliphatic carbocycles. The van der Waals surface area contributed by atoms with E-state index in [1.807, 2.05) is 20.9 Å².